The molecule has 3 aliphatic carbocycles. The summed E-state index contributed by atoms with van der Waals surface area (Å²) in [7, 11) is 0. The number of hydrogen-bond donors (Lipinski definition) is 1. The van der Waals surface area contributed by atoms with Crippen LogP contribution in [-0.2, 0) is 6.42 Å². The lowest BCUT2D eigenvalue weighted by Gasteiger charge is -2.50. The van der Waals surface area contributed by atoms with E-state index in [-0.39, 0.29) is 11.5 Å². The van der Waals surface area contributed by atoms with E-state index in [1.54, 1.807) is 11.1 Å². The number of aryl methyl sites for hydroxylation is 2. The van der Waals surface area contributed by atoms with Crippen molar-refractivity contribution in [3.8, 4) is 0 Å². The summed E-state index contributed by atoms with van der Waals surface area (Å²) in [6.07, 6.45) is 7.32. The molecular formula is C19H26O. The molecule has 2 fully saturated rings. The van der Waals surface area contributed by atoms with E-state index in [1.807, 2.05) is 0 Å². The molecule has 0 saturated heterocycles. The van der Waals surface area contributed by atoms with E-state index in [9.17, 15) is 5.11 Å². The fraction of sp³-hybridized carbons (Fsp3) is 0.684. The highest BCUT2D eigenvalue weighted by molar-refractivity contribution is 5.37. The van der Waals surface area contributed by atoms with Crippen molar-refractivity contribution in [1.29, 1.82) is 0 Å². The number of aliphatic hydroxyl groups is 1. The van der Waals surface area contributed by atoms with Gasteiger partial charge in [0.1, 0.15) is 0 Å². The number of rotatable bonds is 0. The molecule has 1 heteroatoms. The minimum absolute atomic E-state index is 0.0483. The first-order valence-corrected chi connectivity index (χ1v) is 8.37. The lowest BCUT2D eigenvalue weighted by molar-refractivity contribution is -0.0226. The van der Waals surface area contributed by atoms with E-state index in [0.717, 1.165) is 24.2 Å². The Bertz CT molecular complexity index is 535. The van der Waals surface area contributed by atoms with Crippen molar-refractivity contribution < 1.29 is 5.11 Å². The van der Waals surface area contributed by atoms with Crippen LogP contribution in [0.5, 0.6) is 0 Å². The normalized spacial score (nSPS) is 42.8. The lowest BCUT2D eigenvalue weighted by atomic mass is 9.55. The molecule has 0 aliphatic heterocycles. The monoisotopic (exact) mass is 270 g/mol. The second-order valence-corrected chi connectivity index (χ2v) is 7.76. The number of benzene rings is 1. The first kappa shape index (κ1) is 12.9. The van der Waals surface area contributed by atoms with Crippen LogP contribution in [0.4, 0.5) is 0 Å². The van der Waals surface area contributed by atoms with Gasteiger partial charge in [-0.1, -0.05) is 30.7 Å². The van der Waals surface area contributed by atoms with Crippen molar-refractivity contribution >= 4 is 0 Å². The van der Waals surface area contributed by atoms with E-state index in [1.165, 1.54) is 37.7 Å². The predicted octanol–water partition coefficient (Wildman–Crippen LogP) is 4.21. The first-order valence-electron chi connectivity index (χ1n) is 8.37. The van der Waals surface area contributed by atoms with Gasteiger partial charge in [0.15, 0.2) is 0 Å². The fourth-order valence-electron chi connectivity index (χ4n) is 5.68. The maximum absolute atomic E-state index is 10.4. The molecule has 0 amide bonds. The van der Waals surface area contributed by atoms with Crippen LogP contribution in [0.15, 0.2) is 18.2 Å². The Morgan fingerprint density at radius 3 is 2.85 bits per heavy atom. The Hall–Kier alpha value is -0.820. The molecule has 1 N–H and O–H groups in total. The van der Waals surface area contributed by atoms with Gasteiger partial charge in [-0.15, -0.1) is 0 Å². The van der Waals surface area contributed by atoms with Gasteiger partial charge in [-0.05, 0) is 79.7 Å². The molecule has 3 aliphatic rings. The minimum Gasteiger partial charge on any atom is -0.393 e. The zero-order valence-corrected chi connectivity index (χ0v) is 12.7. The van der Waals surface area contributed by atoms with Gasteiger partial charge in [0.25, 0.3) is 0 Å². The fourth-order valence-corrected chi connectivity index (χ4v) is 5.68. The number of hydrogen-bond acceptors (Lipinski definition) is 1. The van der Waals surface area contributed by atoms with Crippen molar-refractivity contribution in [2.45, 2.75) is 64.4 Å². The van der Waals surface area contributed by atoms with Crippen molar-refractivity contribution in [3.05, 3.63) is 34.9 Å². The summed E-state index contributed by atoms with van der Waals surface area (Å²) >= 11 is 0. The van der Waals surface area contributed by atoms with Crippen LogP contribution in [0, 0.1) is 24.2 Å². The molecule has 0 heterocycles. The maximum atomic E-state index is 10.4. The van der Waals surface area contributed by atoms with Gasteiger partial charge in [-0.25, -0.2) is 0 Å². The third-order valence-corrected chi connectivity index (χ3v) is 6.83. The molecule has 2 saturated carbocycles. The number of fused-ring (bicyclic) bond motifs is 5. The summed E-state index contributed by atoms with van der Waals surface area (Å²) < 4.78 is 0. The highest BCUT2D eigenvalue weighted by Gasteiger charge is 2.54. The molecule has 108 valence electrons. The Balaban J connectivity index is 1.71. The average Bonchev–Trinajstić information content (AvgIpc) is 2.74. The molecule has 0 spiro atoms. The summed E-state index contributed by atoms with van der Waals surface area (Å²) in [5.41, 5.74) is 4.85. The molecule has 0 aromatic heterocycles. The van der Waals surface area contributed by atoms with Crippen molar-refractivity contribution in [3.63, 3.8) is 0 Å². The summed E-state index contributed by atoms with van der Waals surface area (Å²) in [6.45, 7) is 4.56. The second kappa shape index (κ2) is 4.34. The van der Waals surface area contributed by atoms with E-state index in [4.69, 9.17) is 0 Å². The molecule has 4 rings (SSSR count). The van der Waals surface area contributed by atoms with E-state index >= 15 is 0 Å². The average molecular weight is 270 g/mol. The van der Waals surface area contributed by atoms with Gasteiger partial charge in [-0.3, -0.25) is 0 Å². The SMILES string of the molecule is Cc1ccc2c(c1)CC[C@@H]1[C@@H]2CC[C@]2(C)[C@@H](O)CC[C@@H]12. The Kier molecular flexibility index (Phi) is 2.79. The van der Waals surface area contributed by atoms with Crippen LogP contribution in [0.25, 0.3) is 0 Å². The molecule has 0 unspecified atom stereocenters. The molecule has 20 heavy (non-hydrogen) atoms. The Morgan fingerprint density at radius 2 is 2.00 bits per heavy atom. The highest BCUT2D eigenvalue weighted by atomic mass is 16.3. The summed E-state index contributed by atoms with van der Waals surface area (Å²) in [4.78, 5) is 0. The minimum atomic E-state index is -0.0483. The standard InChI is InChI=1S/C19H26O/c1-12-3-5-14-13(11-12)4-6-16-15(14)9-10-19(2)17(16)7-8-18(19)20/h3,5,11,15-18,20H,4,6-10H2,1-2H3/t15-,16-,17+,18+,19+/m1/s1. The van der Waals surface area contributed by atoms with Crippen molar-refractivity contribution in [2.75, 3.05) is 0 Å². The topological polar surface area (TPSA) is 20.2 Å². The van der Waals surface area contributed by atoms with E-state index in [2.05, 4.69) is 32.0 Å². The zero-order chi connectivity index (χ0) is 13.9. The highest BCUT2D eigenvalue weighted by Crippen LogP contribution is 2.60. The van der Waals surface area contributed by atoms with Crippen molar-refractivity contribution in [2.24, 2.45) is 17.3 Å². The summed E-state index contributed by atoms with van der Waals surface area (Å²) in [5.74, 6) is 2.34. The Morgan fingerprint density at radius 1 is 1.15 bits per heavy atom. The van der Waals surface area contributed by atoms with Crippen LogP contribution in [-0.4, -0.2) is 11.2 Å². The molecule has 1 aromatic rings. The third-order valence-electron chi connectivity index (χ3n) is 6.83. The largest absolute Gasteiger partial charge is 0.393 e. The quantitative estimate of drug-likeness (QED) is 0.748. The Labute approximate surface area is 122 Å². The predicted molar refractivity (Wildman–Crippen MR) is 81.8 cm³/mol. The van der Waals surface area contributed by atoms with Crippen LogP contribution in [0.2, 0.25) is 0 Å². The smallest absolute Gasteiger partial charge is 0.0596 e. The second-order valence-electron chi connectivity index (χ2n) is 7.76. The van der Waals surface area contributed by atoms with Crippen LogP contribution < -0.4 is 0 Å². The van der Waals surface area contributed by atoms with Gasteiger partial charge >= 0.3 is 0 Å². The van der Waals surface area contributed by atoms with Crippen LogP contribution in [0.1, 0.15) is 61.6 Å². The van der Waals surface area contributed by atoms with Crippen molar-refractivity contribution in [1.82, 2.24) is 0 Å². The van der Waals surface area contributed by atoms with E-state index < -0.39 is 0 Å². The zero-order valence-electron chi connectivity index (χ0n) is 12.7. The third kappa shape index (κ3) is 1.65. The lowest BCUT2D eigenvalue weighted by Crippen LogP contribution is -2.43. The summed E-state index contributed by atoms with van der Waals surface area (Å²) in [6, 6.07) is 7.09. The van der Waals surface area contributed by atoms with Crippen LogP contribution >= 0.6 is 0 Å². The van der Waals surface area contributed by atoms with Gasteiger partial charge in [0, 0.05) is 0 Å². The van der Waals surface area contributed by atoms with Gasteiger partial charge in [0.05, 0.1) is 6.10 Å². The molecule has 1 nitrogen and oxygen atoms in total. The summed E-state index contributed by atoms with van der Waals surface area (Å²) in [5, 5.41) is 10.4. The van der Waals surface area contributed by atoms with E-state index in [0.29, 0.717) is 0 Å². The molecule has 1 aromatic carbocycles. The molecule has 0 bridgehead atoms. The van der Waals surface area contributed by atoms with Gasteiger partial charge in [0.2, 0.25) is 0 Å². The van der Waals surface area contributed by atoms with Crippen LogP contribution in [0.3, 0.4) is 0 Å². The first-order chi connectivity index (χ1) is 9.59. The molecule has 5 atom stereocenters. The van der Waals surface area contributed by atoms with Gasteiger partial charge < -0.3 is 5.11 Å². The molecule has 0 radical (unpaired) electrons. The maximum Gasteiger partial charge on any atom is 0.0596 e. The van der Waals surface area contributed by atoms with Gasteiger partial charge in [-0.2, -0.15) is 0 Å². The number of aliphatic hydroxyl groups excluding tert-OH is 1. The molecular weight excluding hydrogens is 244 g/mol.